The van der Waals surface area contributed by atoms with Crippen LogP contribution in [-0.4, -0.2) is 17.1 Å². The summed E-state index contributed by atoms with van der Waals surface area (Å²) in [5.41, 5.74) is 3.85. The fourth-order valence-corrected chi connectivity index (χ4v) is 5.43. The van der Waals surface area contributed by atoms with E-state index in [0.29, 0.717) is 32.2 Å². The van der Waals surface area contributed by atoms with Crippen molar-refractivity contribution in [2.75, 3.05) is 5.32 Å². The first-order chi connectivity index (χ1) is 20.2. The predicted molar refractivity (Wildman–Crippen MR) is 161 cm³/mol. The van der Waals surface area contributed by atoms with Gasteiger partial charge in [-0.25, -0.2) is 10.4 Å². The molecule has 12 heteroatoms. The highest BCUT2D eigenvalue weighted by Crippen LogP contribution is 2.35. The number of carbonyl (C=O) groups excluding carboxylic acids is 1. The number of alkyl halides is 3. The molecule has 0 aliphatic rings. The third kappa shape index (κ3) is 7.39. The van der Waals surface area contributed by atoms with Crippen molar-refractivity contribution in [2.45, 2.75) is 19.2 Å². The fourth-order valence-electron chi connectivity index (χ4n) is 4.09. The quantitative estimate of drug-likeness (QED) is 0.126. The summed E-state index contributed by atoms with van der Waals surface area (Å²) in [4.78, 5) is 16.6. The standard InChI is InChI=1S/C30H21Cl2F3N4O2S/c31-25-11-18(12-26(32)28(25)41-16-20-7-3-6-19-5-1-2-10-24(19)20)15-36-39-27(40)14-23-17-42-29(38-23)37-22-9-4-8-21(13-22)30(33,34)35/h1-13,15,17H,14,16H2,(H,37,38)(H,39,40)/b36-15-. The molecule has 1 amide bonds. The van der Waals surface area contributed by atoms with Crippen LogP contribution in [-0.2, 0) is 24.0 Å². The van der Waals surface area contributed by atoms with Gasteiger partial charge >= 0.3 is 6.18 Å². The fraction of sp³-hybridized carbons (Fsp3) is 0.100. The minimum absolute atomic E-state index is 0.0828. The van der Waals surface area contributed by atoms with E-state index in [4.69, 9.17) is 27.9 Å². The summed E-state index contributed by atoms with van der Waals surface area (Å²) >= 11 is 14.0. The average Bonchev–Trinajstić information content (AvgIpc) is 3.38. The number of anilines is 2. The Kier molecular flexibility index (Phi) is 8.96. The van der Waals surface area contributed by atoms with Gasteiger partial charge in [-0.05, 0) is 52.2 Å². The Balaban J connectivity index is 1.15. The maximum absolute atomic E-state index is 12.9. The van der Waals surface area contributed by atoms with Gasteiger partial charge in [0.05, 0.1) is 33.9 Å². The summed E-state index contributed by atoms with van der Waals surface area (Å²) in [7, 11) is 0. The second-order valence-electron chi connectivity index (χ2n) is 9.06. The zero-order valence-electron chi connectivity index (χ0n) is 21.6. The second-order valence-corrected chi connectivity index (χ2v) is 10.7. The van der Waals surface area contributed by atoms with Crippen LogP contribution >= 0.6 is 34.5 Å². The molecule has 1 aromatic heterocycles. The van der Waals surface area contributed by atoms with Crippen LogP contribution in [0.5, 0.6) is 5.75 Å². The summed E-state index contributed by atoms with van der Waals surface area (Å²) in [6.45, 7) is 0.276. The first-order valence-electron chi connectivity index (χ1n) is 12.4. The number of rotatable bonds is 9. The van der Waals surface area contributed by atoms with Crippen molar-refractivity contribution in [3.63, 3.8) is 0 Å². The van der Waals surface area contributed by atoms with Gasteiger partial charge < -0.3 is 10.1 Å². The number of aromatic nitrogens is 1. The predicted octanol–water partition coefficient (Wildman–Crippen LogP) is 8.64. The van der Waals surface area contributed by atoms with Gasteiger partial charge in [0.2, 0.25) is 5.91 Å². The number of ether oxygens (including phenoxy) is 1. The maximum atomic E-state index is 12.9. The molecule has 0 radical (unpaired) electrons. The third-order valence-corrected chi connectivity index (χ3v) is 7.38. The summed E-state index contributed by atoms with van der Waals surface area (Å²) in [5, 5.41) is 11.5. The summed E-state index contributed by atoms with van der Waals surface area (Å²) in [6.07, 6.45) is -3.14. The molecule has 5 aromatic rings. The van der Waals surface area contributed by atoms with Crippen molar-refractivity contribution in [1.29, 1.82) is 0 Å². The first-order valence-corrected chi connectivity index (χ1v) is 14.1. The maximum Gasteiger partial charge on any atom is 0.416 e. The molecule has 4 aromatic carbocycles. The van der Waals surface area contributed by atoms with Gasteiger partial charge in [-0.15, -0.1) is 11.3 Å². The number of amides is 1. The number of hydrogen-bond acceptors (Lipinski definition) is 6. The summed E-state index contributed by atoms with van der Waals surface area (Å²) in [5.74, 6) is -0.0973. The van der Waals surface area contributed by atoms with E-state index in [0.717, 1.165) is 39.8 Å². The normalized spacial score (nSPS) is 11.6. The highest BCUT2D eigenvalue weighted by atomic mass is 35.5. The molecule has 42 heavy (non-hydrogen) atoms. The lowest BCUT2D eigenvalue weighted by Gasteiger charge is -2.12. The number of fused-ring (bicyclic) bond motifs is 1. The van der Waals surface area contributed by atoms with Crippen LogP contribution in [0.1, 0.15) is 22.4 Å². The Labute approximate surface area is 252 Å². The van der Waals surface area contributed by atoms with E-state index in [2.05, 4.69) is 20.8 Å². The number of hydrazone groups is 1. The number of thiazole rings is 1. The zero-order valence-corrected chi connectivity index (χ0v) is 23.9. The van der Waals surface area contributed by atoms with Crippen molar-refractivity contribution < 1.29 is 22.7 Å². The van der Waals surface area contributed by atoms with E-state index in [1.807, 2.05) is 42.5 Å². The van der Waals surface area contributed by atoms with Gasteiger partial charge in [0.25, 0.3) is 0 Å². The largest absolute Gasteiger partial charge is 0.486 e. The van der Waals surface area contributed by atoms with E-state index in [9.17, 15) is 18.0 Å². The minimum atomic E-state index is -4.45. The van der Waals surface area contributed by atoms with E-state index in [-0.39, 0.29) is 18.7 Å². The van der Waals surface area contributed by atoms with E-state index >= 15 is 0 Å². The Morgan fingerprint density at radius 3 is 2.52 bits per heavy atom. The Hall–Kier alpha value is -4.12. The number of benzene rings is 4. The van der Waals surface area contributed by atoms with Crippen molar-refractivity contribution in [3.05, 3.63) is 117 Å². The van der Waals surface area contributed by atoms with Gasteiger partial charge in [0, 0.05) is 11.1 Å². The Morgan fingerprint density at radius 2 is 1.74 bits per heavy atom. The number of nitrogens with one attached hydrogen (secondary N) is 2. The van der Waals surface area contributed by atoms with Gasteiger partial charge in [0.1, 0.15) is 6.61 Å². The van der Waals surface area contributed by atoms with Crippen LogP contribution in [0.3, 0.4) is 0 Å². The summed E-state index contributed by atoms with van der Waals surface area (Å²) < 4.78 is 44.8. The van der Waals surface area contributed by atoms with Crippen molar-refractivity contribution >= 4 is 68.3 Å². The van der Waals surface area contributed by atoms with Gasteiger partial charge in [-0.2, -0.15) is 18.3 Å². The molecule has 0 aliphatic carbocycles. The number of halogens is 5. The topological polar surface area (TPSA) is 75.6 Å². The van der Waals surface area contributed by atoms with E-state index < -0.39 is 17.6 Å². The molecule has 0 saturated heterocycles. The molecule has 0 aliphatic heterocycles. The number of carbonyl (C=O) groups is 1. The molecule has 6 nitrogen and oxygen atoms in total. The average molecular weight is 629 g/mol. The zero-order chi connectivity index (χ0) is 29.7. The minimum Gasteiger partial charge on any atom is -0.486 e. The molecule has 0 atom stereocenters. The highest BCUT2D eigenvalue weighted by Gasteiger charge is 2.30. The molecule has 0 fully saturated rings. The van der Waals surface area contributed by atoms with Crippen molar-refractivity contribution in [2.24, 2.45) is 5.10 Å². The highest BCUT2D eigenvalue weighted by molar-refractivity contribution is 7.13. The molecule has 5 rings (SSSR count). The third-order valence-electron chi connectivity index (χ3n) is 6.01. The summed E-state index contributed by atoms with van der Waals surface area (Å²) in [6, 6.07) is 22.0. The lowest BCUT2D eigenvalue weighted by Crippen LogP contribution is -2.19. The number of nitrogens with zero attached hydrogens (tertiary/aromatic N) is 2. The van der Waals surface area contributed by atoms with Crippen molar-refractivity contribution in [1.82, 2.24) is 10.4 Å². The van der Waals surface area contributed by atoms with Crippen LogP contribution in [0.4, 0.5) is 24.0 Å². The monoisotopic (exact) mass is 628 g/mol. The van der Waals surface area contributed by atoms with Crippen molar-refractivity contribution in [3.8, 4) is 5.75 Å². The molecular formula is C30H21Cl2F3N4O2S. The molecule has 1 heterocycles. The van der Waals surface area contributed by atoms with E-state index in [1.54, 1.807) is 17.5 Å². The first kappa shape index (κ1) is 29.4. The van der Waals surface area contributed by atoms with Crippen LogP contribution in [0.25, 0.3) is 10.8 Å². The Morgan fingerprint density at radius 1 is 1.00 bits per heavy atom. The molecule has 0 spiro atoms. The van der Waals surface area contributed by atoms with Crippen LogP contribution in [0.15, 0.2) is 89.3 Å². The molecular weight excluding hydrogens is 608 g/mol. The van der Waals surface area contributed by atoms with Gasteiger partial charge in [0.15, 0.2) is 10.9 Å². The molecule has 0 unspecified atom stereocenters. The molecule has 0 saturated carbocycles. The van der Waals surface area contributed by atoms with Crippen LogP contribution in [0.2, 0.25) is 10.0 Å². The SMILES string of the molecule is O=C(Cc1csc(Nc2cccc(C(F)(F)F)c2)n1)N/N=C\c1cc(Cl)c(OCc2cccc3ccccc23)c(Cl)c1. The molecule has 0 bridgehead atoms. The Bertz CT molecular complexity index is 1750. The number of hydrogen-bond donors (Lipinski definition) is 2. The molecule has 214 valence electrons. The second kappa shape index (κ2) is 12.8. The van der Waals surface area contributed by atoms with Crippen LogP contribution in [0, 0.1) is 0 Å². The van der Waals surface area contributed by atoms with Gasteiger partial charge in [-0.1, -0.05) is 71.7 Å². The van der Waals surface area contributed by atoms with Gasteiger partial charge in [-0.3, -0.25) is 4.79 Å². The van der Waals surface area contributed by atoms with Crippen LogP contribution < -0.4 is 15.5 Å². The lowest BCUT2D eigenvalue weighted by atomic mass is 10.1. The molecule has 2 N–H and O–H groups in total. The van der Waals surface area contributed by atoms with E-state index in [1.165, 1.54) is 18.3 Å². The smallest absolute Gasteiger partial charge is 0.416 e. The lowest BCUT2D eigenvalue weighted by molar-refractivity contribution is -0.137.